The van der Waals surface area contributed by atoms with Crippen LogP contribution in [0.1, 0.15) is 25.7 Å². The number of nitrogens with two attached hydrogens (primary N) is 1. The SMILES string of the molecule is COCOCCCC(N)(CCOCOC)C(=O)OCCC#N. The second-order valence-electron chi connectivity index (χ2n) is 4.68. The van der Waals surface area contributed by atoms with Gasteiger partial charge in [0.1, 0.15) is 25.7 Å². The van der Waals surface area contributed by atoms with Gasteiger partial charge < -0.3 is 29.4 Å². The van der Waals surface area contributed by atoms with Gasteiger partial charge in [0, 0.05) is 20.8 Å². The molecular weight excluding hydrogens is 292 g/mol. The van der Waals surface area contributed by atoms with Gasteiger partial charge in [0.2, 0.25) is 0 Å². The van der Waals surface area contributed by atoms with Gasteiger partial charge in [-0.1, -0.05) is 0 Å². The average Bonchev–Trinajstić information content (AvgIpc) is 2.51. The third-order valence-electron chi connectivity index (χ3n) is 2.86. The van der Waals surface area contributed by atoms with Gasteiger partial charge in [-0.15, -0.1) is 0 Å². The van der Waals surface area contributed by atoms with Crippen LogP contribution in [0.25, 0.3) is 0 Å². The summed E-state index contributed by atoms with van der Waals surface area (Å²) in [6.07, 6.45) is 1.40. The van der Waals surface area contributed by atoms with Gasteiger partial charge in [-0.25, -0.2) is 0 Å². The van der Waals surface area contributed by atoms with Crippen molar-refractivity contribution >= 4 is 5.97 Å². The van der Waals surface area contributed by atoms with Crippen molar-refractivity contribution in [3.05, 3.63) is 0 Å². The van der Waals surface area contributed by atoms with E-state index in [0.717, 1.165) is 0 Å². The lowest BCUT2D eigenvalue weighted by Gasteiger charge is -2.27. The van der Waals surface area contributed by atoms with E-state index in [9.17, 15) is 4.79 Å². The summed E-state index contributed by atoms with van der Waals surface area (Å²) in [5.74, 6) is -0.532. The second kappa shape index (κ2) is 13.4. The smallest absolute Gasteiger partial charge is 0.326 e. The largest absolute Gasteiger partial charge is 0.463 e. The molecule has 8 heteroatoms. The molecule has 0 rings (SSSR count). The molecule has 0 aliphatic carbocycles. The number of nitriles is 1. The molecule has 0 heterocycles. The number of carbonyl (C=O) groups is 1. The van der Waals surface area contributed by atoms with Crippen molar-refractivity contribution in [2.24, 2.45) is 5.73 Å². The quantitative estimate of drug-likeness (QED) is 0.281. The van der Waals surface area contributed by atoms with E-state index in [0.29, 0.717) is 25.9 Å². The van der Waals surface area contributed by atoms with Gasteiger partial charge >= 0.3 is 5.97 Å². The van der Waals surface area contributed by atoms with Crippen LogP contribution in [0, 0.1) is 11.3 Å². The molecule has 0 saturated carbocycles. The fraction of sp³-hybridized carbons (Fsp3) is 0.857. The Morgan fingerprint density at radius 2 is 1.73 bits per heavy atom. The maximum Gasteiger partial charge on any atom is 0.326 e. The van der Waals surface area contributed by atoms with E-state index in [2.05, 4.69) is 0 Å². The van der Waals surface area contributed by atoms with Crippen LogP contribution in [-0.4, -0.2) is 59.1 Å². The number of esters is 1. The molecule has 0 aromatic carbocycles. The summed E-state index contributed by atoms with van der Waals surface area (Å²) in [5.41, 5.74) is 4.99. The van der Waals surface area contributed by atoms with Crippen LogP contribution in [0.2, 0.25) is 0 Å². The summed E-state index contributed by atoms with van der Waals surface area (Å²) in [5, 5.41) is 8.47. The van der Waals surface area contributed by atoms with Crippen molar-refractivity contribution < 1.29 is 28.5 Å². The zero-order valence-electron chi connectivity index (χ0n) is 13.3. The molecule has 1 atom stereocenters. The third kappa shape index (κ3) is 9.65. The lowest BCUT2D eigenvalue weighted by Crippen LogP contribution is -2.50. The number of hydrogen-bond donors (Lipinski definition) is 1. The van der Waals surface area contributed by atoms with Crippen molar-refractivity contribution in [1.29, 1.82) is 5.26 Å². The van der Waals surface area contributed by atoms with E-state index in [4.69, 9.17) is 34.7 Å². The zero-order valence-corrected chi connectivity index (χ0v) is 13.3. The minimum absolute atomic E-state index is 0.0351. The van der Waals surface area contributed by atoms with E-state index >= 15 is 0 Å². The fourth-order valence-corrected chi connectivity index (χ4v) is 1.69. The summed E-state index contributed by atoms with van der Waals surface area (Å²) in [6.45, 7) is 1.07. The minimum atomic E-state index is -1.17. The van der Waals surface area contributed by atoms with E-state index in [1.54, 1.807) is 0 Å². The molecule has 22 heavy (non-hydrogen) atoms. The Morgan fingerprint density at radius 1 is 1.09 bits per heavy atom. The standard InChI is InChI=1S/C14H26N2O6/c1-18-11-20-8-3-5-14(16,6-10-21-12-19-2)13(17)22-9-4-7-15/h3-6,8-12,16H2,1-2H3. The molecule has 1 unspecified atom stereocenters. The predicted molar refractivity (Wildman–Crippen MR) is 77.6 cm³/mol. The minimum Gasteiger partial charge on any atom is -0.463 e. The van der Waals surface area contributed by atoms with Crippen molar-refractivity contribution in [2.75, 3.05) is 47.6 Å². The summed E-state index contributed by atoms with van der Waals surface area (Å²) < 4.78 is 24.9. The Balaban J connectivity index is 4.32. The van der Waals surface area contributed by atoms with Crippen LogP contribution in [0.15, 0.2) is 0 Å². The maximum absolute atomic E-state index is 12.1. The van der Waals surface area contributed by atoms with E-state index in [-0.39, 0.29) is 33.2 Å². The Morgan fingerprint density at radius 3 is 2.32 bits per heavy atom. The first-order valence-electron chi connectivity index (χ1n) is 7.07. The molecule has 0 aromatic heterocycles. The third-order valence-corrected chi connectivity index (χ3v) is 2.86. The van der Waals surface area contributed by atoms with Crippen molar-refractivity contribution in [3.63, 3.8) is 0 Å². The molecule has 8 nitrogen and oxygen atoms in total. The first-order chi connectivity index (χ1) is 10.6. The normalized spacial score (nSPS) is 13.4. The molecule has 0 bridgehead atoms. The Kier molecular flexibility index (Phi) is 12.7. The first-order valence-corrected chi connectivity index (χ1v) is 7.07. The van der Waals surface area contributed by atoms with Crippen molar-refractivity contribution in [3.8, 4) is 6.07 Å². The number of carbonyl (C=O) groups excluding carboxylic acids is 1. The summed E-state index contributed by atoms with van der Waals surface area (Å²) in [6, 6.07) is 1.91. The molecule has 0 aliphatic rings. The molecule has 0 aromatic rings. The summed E-state index contributed by atoms with van der Waals surface area (Å²) in [4.78, 5) is 12.1. The Labute approximate surface area is 131 Å². The molecule has 0 radical (unpaired) electrons. The van der Waals surface area contributed by atoms with Crippen LogP contribution >= 0.6 is 0 Å². The van der Waals surface area contributed by atoms with Crippen molar-refractivity contribution in [2.45, 2.75) is 31.2 Å². The van der Waals surface area contributed by atoms with Gasteiger partial charge in [0.15, 0.2) is 0 Å². The molecular formula is C14H26N2O6. The van der Waals surface area contributed by atoms with Gasteiger partial charge in [-0.2, -0.15) is 5.26 Å². The molecule has 0 aliphatic heterocycles. The zero-order chi connectivity index (χ0) is 16.7. The number of hydrogen-bond acceptors (Lipinski definition) is 8. The van der Waals surface area contributed by atoms with Gasteiger partial charge in [-0.05, 0) is 19.3 Å². The number of methoxy groups -OCH3 is 2. The topological polar surface area (TPSA) is 113 Å². The maximum atomic E-state index is 12.1. The lowest BCUT2D eigenvalue weighted by molar-refractivity contribution is -0.152. The molecule has 2 N–H and O–H groups in total. The molecule has 0 saturated heterocycles. The summed E-state index contributed by atoms with van der Waals surface area (Å²) in [7, 11) is 3.05. The Hall–Kier alpha value is -1.24. The van der Waals surface area contributed by atoms with Crippen LogP contribution in [0.3, 0.4) is 0 Å². The predicted octanol–water partition coefficient (Wildman–Crippen LogP) is 0.552. The highest BCUT2D eigenvalue weighted by atomic mass is 16.7. The van der Waals surface area contributed by atoms with Gasteiger partial charge in [-0.3, -0.25) is 4.79 Å². The van der Waals surface area contributed by atoms with E-state index in [1.807, 2.05) is 6.07 Å². The van der Waals surface area contributed by atoms with Gasteiger partial charge in [0.05, 0.1) is 19.1 Å². The lowest BCUT2D eigenvalue weighted by atomic mass is 9.91. The summed E-state index contributed by atoms with van der Waals surface area (Å²) >= 11 is 0. The molecule has 0 fully saturated rings. The average molecular weight is 318 g/mol. The van der Waals surface area contributed by atoms with Crippen LogP contribution in [-0.2, 0) is 28.5 Å². The second-order valence-corrected chi connectivity index (χ2v) is 4.68. The van der Waals surface area contributed by atoms with Crippen LogP contribution in [0.4, 0.5) is 0 Å². The van der Waals surface area contributed by atoms with E-state index in [1.165, 1.54) is 14.2 Å². The fourth-order valence-electron chi connectivity index (χ4n) is 1.69. The highest BCUT2D eigenvalue weighted by Gasteiger charge is 2.35. The Bertz CT molecular complexity index is 334. The first kappa shape index (κ1) is 20.8. The highest BCUT2D eigenvalue weighted by Crippen LogP contribution is 2.17. The van der Waals surface area contributed by atoms with Crippen LogP contribution < -0.4 is 5.73 Å². The molecule has 128 valence electrons. The van der Waals surface area contributed by atoms with Crippen molar-refractivity contribution in [1.82, 2.24) is 0 Å². The van der Waals surface area contributed by atoms with Gasteiger partial charge in [0.25, 0.3) is 0 Å². The van der Waals surface area contributed by atoms with Crippen LogP contribution in [0.5, 0.6) is 0 Å². The van der Waals surface area contributed by atoms with E-state index < -0.39 is 11.5 Å². The number of ether oxygens (including phenoxy) is 5. The molecule has 0 amide bonds. The number of nitrogens with zero attached hydrogens (tertiary/aromatic N) is 1. The highest BCUT2D eigenvalue weighted by molar-refractivity contribution is 5.80. The monoisotopic (exact) mass is 318 g/mol. The number of rotatable bonds is 14. The molecule has 0 spiro atoms.